The number of benzene rings is 3. The van der Waals surface area contributed by atoms with E-state index in [-0.39, 0.29) is 17.2 Å². The van der Waals surface area contributed by atoms with Crippen molar-refractivity contribution in [2.24, 2.45) is 0 Å². The van der Waals surface area contributed by atoms with Crippen LogP contribution >= 0.6 is 11.8 Å². The standard InChI is InChI=1S/C27H28N2O3S/c1-19-8-13-24(20(2)16-19)32-15-14-28-26(31)22-9-11-23(12-10-22)27-29(25(30)18-33-27)17-21-6-4-3-5-7-21/h3-13,16,27H,14-15,17-18H2,1-2H3,(H,28,31)/t27-/m0/s1. The van der Waals surface area contributed by atoms with Gasteiger partial charge in [-0.2, -0.15) is 0 Å². The zero-order chi connectivity index (χ0) is 23.2. The van der Waals surface area contributed by atoms with E-state index in [9.17, 15) is 9.59 Å². The predicted molar refractivity (Wildman–Crippen MR) is 132 cm³/mol. The normalized spacial score (nSPS) is 15.5. The first kappa shape index (κ1) is 22.9. The molecule has 3 aromatic rings. The number of nitrogens with one attached hydrogen (secondary N) is 1. The monoisotopic (exact) mass is 460 g/mol. The Balaban J connectivity index is 1.31. The number of carbonyl (C=O) groups excluding carboxylic acids is 2. The molecule has 0 saturated carbocycles. The minimum atomic E-state index is -0.137. The fraction of sp³-hybridized carbons (Fsp3) is 0.259. The second-order valence-electron chi connectivity index (χ2n) is 8.17. The number of thioether (sulfide) groups is 1. The number of nitrogens with zero attached hydrogens (tertiary/aromatic N) is 1. The number of hydrogen-bond donors (Lipinski definition) is 1. The summed E-state index contributed by atoms with van der Waals surface area (Å²) in [5.74, 6) is 1.31. The second kappa shape index (κ2) is 10.6. The summed E-state index contributed by atoms with van der Waals surface area (Å²) in [6.45, 7) is 5.47. The van der Waals surface area contributed by atoms with E-state index in [1.165, 1.54) is 5.56 Å². The molecule has 3 aromatic carbocycles. The van der Waals surface area contributed by atoms with Gasteiger partial charge in [-0.15, -0.1) is 11.8 Å². The van der Waals surface area contributed by atoms with Crippen molar-refractivity contribution in [3.63, 3.8) is 0 Å². The van der Waals surface area contributed by atoms with Crippen molar-refractivity contribution in [1.29, 1.82) is 0 Å². The van der Waals surface area contributed by atoms with Gasteiger partial charge in [-0.3, -0.25) is 9.59 Å². The van der Waals surface area contributed by atoms with Crippen molar-refractivity contribution in [3.05, 3.63) is 101 Å². The third-order valence-electron chi connectivity index (χ3n) is 5.60. The molecule has 6 heteroatoms. The van der Waals surface area contributed by atoms with E-state index in [1.54, 1.807) is 11.8 Å². The van der Waals surface area contributed by atoms with Gasteiger partial charge in [0.25, 0.3) is 5.91 Å². The molecule has 0 unspecified atom stereocenters. The summed E-state index contributed by atoms with van der Waals surface area (Å²) >= 11 is 1.62. The molecule has 1 atom stereocenters. The molecule has 1 aliphatic rings. The summed E-state index contributed by atoms with van der Waals surface area (Å²) < 4.78 is 5.78. The molecule has 0 radical (unpaired) electrons. The highest BCUT2D eigenvalue weighted by molar-refractivity contribution is 8.00. The summed E-state index contributed by atoms with van der Waals surface area (Å²) in [4.78, 5) is 26.9. The van der Waals surface area contributed by atoms with Crippen molar-refractivity contribution < 1.29 is 14.3 Å². The Morgan fingerprint density at radius 2 is 1.82 bits per heavy atom. The van der Waals surface area contributed by atoms with Gasteiger partial charge in [-0.05, 0) is 48.7 Å². The minimum absolute atomic E-state index is 0.0408. The maximum atomic E-state index is 12.5. The lowest BCUT2D eigenvalue weighted by Gasteiger charge is -2.24. The maximum Gasteiger partial charge on any atom is 0.251 e. The van der Waals surface area contributed by atoms with Crippen molar-refractivity contribution in [3.8, 4) is 5.75 Å². The summed E-state index contributed by atoms with van der Waals surface area (Å²) in [5.41, 5.74) is 5.00. The van der Waals surface area contributed by atoms with E-state index in [2.05, 4.69) is 11.4 Å². The van der Waals surface area contributed by atoms with Gasteiger partial charge >= 0.3 is 0 Å². The van der Waals surface area contributed by atoms with Crippen molar-refractivity contribution in [1.82, 2.24) is 10.2 Å². The average Bonchev–Trinajstić information content (AvgIpc) is 3.18. The number of rotatable bonds is 8. The zero-order valence-corrected chi connectivity index (χ0v) is 19.7. The average molecular weight is 461 g/mol. The van der Waals surface area contributed by atoms with Crippen LogP contribution in [0.4, 0.5) is 0 Å². The number of ether oxygens (including phenoxy) is 1. The number of aryl methyl sites for hydroxylation is 2. The zero-order valence-electron chi connectivity index (χ0n) is 18.9. The van der Waals surface area contributed by atoms with Crippen LogP contribution in [-0.2, 0) is 11.3 Å². The summed E-state index contributed by atoms with van der Waals surface area (Å²) in [6.07, 6.45) is 0. The maximum absolute atomic E-state index is 12.5. The van der Waals surface area contributed by atoms with Gasteiger partial charge in [-0.25, -0.2) is 0 Å². The lowest BCUT2D eigenvalue weighted by Crippen LogP contribution is -2.28. The van der Waals surface area contributed by atoms with Crippen molar-refractivity contribution in [2.75, 3.05) is 18.9 Å². The third kappa shape index (κ3) is 5.76. The quantitative estimate of drug-likeness (QED) is 0.487. The number of amides is 2. The Morgan fingerprint density at radius 1 is 1.06 bits per heavy atom. The summed E-state index contributed by atoms with van der Waals surface area (Å²) in [7, 11) is 0. The van der Waals surface area contributed by atoms with Crippen LogP contribution in [0.3, 0.4) is 0 Å². The molecule has 5 nitrogen and oxygen atoms in total. The Bertz CT molecular complexity index is 1120. The second-order valence-corrected chi connectivity index (χ2v) is 9.23. The summed E-state index contributed by atoms with van der Waals surface area (Å²) in [6, 6.07) is 23.6. The highest BCUT2D eigenvalue weighted by atomic mass is 32.2. The van der Waals surface area contributed by atoms with Crippen molar-refractivity contribution in [2.45, 2.75) is 25.8 Å². The first-order valence-corrected chi connectivity index (χ1v) is 12.1. The molecular formula is C27H28N2O3S. The van der Waals surface area contributed by atoms with E-state index in [4.69, 9.17) is 4.74 Å². The topological polar surface area (TPSA) is 58.6 Å². The third-order valence-corrected chi connectivity index (χ3v) is 6.85. The number of hydrogen-bond acceptors (Lipinski definition) is 4. The molecule has 4 rings (SSSR count). The highest BCUT2D eigenvalue weighted by Gasteiger charge is 2.32. The van der Waals surface area contributed by atoms with Crippen LogP contribution in [0.15, 0.2) is 72.8 Å². The van der Waals surface area contributed by atoms with Crippen LogP contribution < -0.4 is 10.1 Å². The summed E-state index contributed by atoms with van der Waals surface area (Å²) in [5, 5.41) is 2.86. The van der Waals surface area contributed by atoms with Gasteiger partial charge in [0, 0.05) is 12.1 Å². The molecule has 2 amide bonds. The minimum Gasteiger partial charge on any atom is -0.491 e. The van der Waals surface area contributed by atoms with E-state index < -0.39 is 0 Å². The molecule has 33 heavy (non-hydrogen) atoms. The molecule has 0 bridgehead atoms. The Labute approximate surface area is 199 Å². The smallest absolute Gasteiger partial charge is 0.251 e. The molecule has 170 valence electrons. The Kier molecular flexibility index (Phi) is 7.35. The van der Waals surface area contributed by atoms with Crippen LogP contribution in [0.25, 0.3) is 0 Å². The fourth-order valence-corrected chi connectivity index (χ4v) is 5.06. The lowest BCUT2D eigenvalue weighted by molar-refractivity contribution is -0.128. The highest BCUT2D eigenvalue weighted by Crippen LogP contribution is 2.39. The molecule has 1 heterocycles. The van der Waals surface area contributed by atoms with Gasteiger partial charge in [0.05, 0.1) is 12.3 Å². The van der Waals surface area contributed by atoms with E-state index >= 15 is 0 Å². The molecule has 0 aromatic heterocycles. The van der Waals surface area contributed by atoms with Gasteiger partial charge in [0.1, 0.15) is 17.7 Å². The Hall–Kier alpha value is -3.25. The first-order valence-electron chi connectivity index (χ1n) is 11.0. The largest absolute Gasteiger partial charge is 0.491 e. The van der Waals surface area contributed by atoms with Crippen LogP contribution in [0, 0.1) is 13.8 Å². The SMILES string of the molecule is Cc1ccc(OCCNC(=O)c2ccc([C@@H]3SCC(=O)N3Cc3ccccc3)cc2)c(C)c1. The van der Waals surface area contributed by atoms with Crippen LogP contribution in [0.2, 0.25) is 0 Å². The van der Waals surface area contributed by atoms with E-state index in [0.717, 1.165) is 22.4 Å². The van der Waals surface area contributed by atoms with Gasteiger partial charge in [-0.1, -0.05) is 60.2 Å². The predicted octanol–water partition coefficient (Wildman–Crippen LogP) is 4.89. The van der Waals surface area contributed by atoms with E-state index in [1.807, 2.05) is 85.5 Å². The molecule has 1 N–H and O–H groups in total. The van der Waals surface area contributed by atoms with Crippen molar-refractivity contribution >= 4 is 23.6 Å². The van der Waals surface area contributed by atoms with E-state index in [0.29, 0.717) is 31.0 Å². The molecule has 0 aliphatic carbocycles. The Morgan fingerprint density at radius 3 is 2.55 bits per heavy atom. The number of carbonyl (C=O) groups is 2. The molecular weight excluding hydrogens is 432 g/mol. The molecule has 1 fully saturated rings. The van der Waals surface area contributed by atoms with Crippen LogP contribution in [-0.4, -0.2) is 35.6 Å². The molecule has 1 aliphatic heterocycles. The molecule has 0 spiro atoms. The van der Waals surface area contributed by atoms with Gasteiger partial charge in [0.2, 0.25) is 5.91 Å². The lowest BCUT2D eigenvalue weighted by atomic mass is 10.1. The van der Waals surface area contributed by atoms with Crippen LogP contribution in [0.1, 0.15) is 38.0 Å². The van der Waals surface area contributed by atoms with Crippen LogP contribution in [0.5, 0.6) is 5.75 Å². The molecule has 1 saturated heterocycles. The fourth-order valence-electron chi connectivity index (χ4n) is 3.87. The van der Waals surface area contributed by atoms with Gasteiger partial charge in [0.15, 0.2) is 0 Å². The first-order chi connectivity index (χ1) is 16.0. The van der Waals surface area contributed by atoms with Gasteiger partial charge < -0.3 is 15.0 Å².